The number of rotatable bonds is 4. The van der Waals surface area contributed by atoms with Crippen LogP contribution in [0.25, 0.3) is 0 Å². The van der Waals surface area contributed by atoms with Gasteiger partial charge in [-0.25, -0.2) is 13.2 Å². The molecule has 124 valence electrons. The second-order valence-electron chi connectivity index (χ2n) is 4.83. The van der Waals surface area contributed by atoms with Gasteiger partial charge in [-0.2, -0.15) is 15.3 Å². The van der Waals surface area contributed by atoms with Gasteiger partial charge in [0, 0.05) is 5.69 Å². The number of nitrogens with one attached hydrogen (secondary N) is 2. The van der Waals surface area contributed by atoms with Crippen LogP contribution in [0.3, 0.4) is 0 Å². The largest absolute Gasteiger partial charge is 0.336 e. The van der Waals surface area contributed by atoms with Crippen LogP contribution in [0.2, 0.25) is 0 Å². The highest BCUT2D eigenvalue weighted by Gasteiger charge is 2.14. The summed E-state index contributed by atoms with van der Waals surface area (Å²) in [5.74, 6) is -4.10. The Balaban J connectivity index is 1.82. The summed E-state index contributed by atoms with van der Waals surface area (Å²) in [7, 11) is 0. The summed E-state index contributed by atoms with van der Waals surface area (Å²) < 4.78 is 39.9. The predicted molar refractivity (Wildman–Crippen MR) is 83.9 cm³/mol. The number of nitriles is 1. The molecule has 0 aliphatic carbocycles. The summed E-state index contributed by atoms with van der Waals surface area (Å²) in [5, 5.41) is 21.7. The van der Waals surface area contributed by atoms with Crippen molar-refractivity contribution in [1.82, 2.24) is 15.2 Å². The van der Waals surface area contributed by atoms with Crippen LogP contribution in [0.5, 0.6) is 0 Å². The standard InChI is InChI=1S/C16H9F3N6/c17-11-4-5-12(15(19)14(11)18)23-13-8-21-25-16(24-13)22-10-3-1-2-9(6-10)7-20/h1-6,8H,(H2,22,23,24,25). The van der Waals surface area contributed by atoms with Crippen molar-refractivity contribution in [3.05, 3.63) is 65.6 Å². The van der Waals surface area contributed by atoms with Crippen molar-refractivity contribution in [2.75, 3.05) is 10.6 Å². The molecule has 1 aromatic heterocycles. The summed E-state index contributed by atoms with van der Waals surface area (Å²) in [6.45, 7) is 0. The Hall–Kier alpha value is -3.67. The highest BCUT2D eigenvalue weighted by atomic mass is 19.2. The van der Waals surface area contributed by atoms with Crippen molar-refractivity contribution in [3.63, 3.8) is 0 Å². The van der Waals surface area contributed by atoms with Gasteiger partial charge >= 0.3 is 0 Å². The van der Waals surface area contributed by atoms with Gasteiger partial charge in [-0.05, 0) is 30.3 Å². The van der Waals surface area contributed by atoms with Gasteiger partial charge in [-0.3, -0.25) is 0 Å². The third-order valence-electron chi connectivity index (χ3n) is 3.10. The van der Waals surface area contributed by atoms with Crippen molar-refractivity contribution in [1.29, 1.82) is 5.26 Å². The van der Waals surface area contributed by atoms with E-state index in [0.717, 1.165) is 12.1 Å². The molecular formula is C16H9F3N6. The molecule has 25 heavy (non-hydrogen) atoms. The lowest BCUT2D eigenvalue weighted by atomic mass is 10.2. The molecule has 1 heterocycles. The fraction of sp³-hybridized carbons (Fsp3) is 0. The van der Waals surface area contributed by atoms with E-state index in [1.165, 1.54) is 6.20 Å². The average Bonchev–Trinajstić information content (AvgIpc) is 2.63. The Morgan fingerprint density at radius 1 is 1.00 bits per heavy atom. The van der Waals surface area contributed by atoms with Gasteiger partial charge in [0.1, 0.15) is 0 Å². The molecular weight excluding hydrogens is 333 g/mol. The first kappa shape index (κ1) is 16.2. The topological polar surface area (TPSA) is 86.5 Å². The molecule has 0 saturated heterocycles. The first-order chi connectivity index (χ1) is 12.1. The molecule has 0 aliphatic rings. The second kappa shape index (κ2) is 6.84. The molecule has 0 saturated carbocycles. The highest BCUT2D eigenvalue weighted by molar-refractivity contribution is 5.60. The van der Waals surface area contributed by atoms with Gasteiger partial charge in [0.05, 0.1) is 23.5 Å². The van der Waals surface area contributed by atoms with Crippen LogP contribution in [0.4, 0.5) is 36.3 Å². The third-order valence-corrected chi connectivity index (χ3v) is 3.10. The van der Waals surface area contributed by atoms with E-state index >= 15 is 0 Å². The summed E-state index contributed by atoms with van der Waals surface area (Å²) in [6.07, 6.45) is 1.19. The Morgan fingerprint density at radius 3 is 2.64 bits per heavy atom. The number of nitrogens with zero attached hydrogens (tertiary/aromatic N) is 4. The second-order valence-corrected chi connectivity index (χ2v) is 4.83. The first-order valence-corrected chi connectivity index (χ1v) is 6.94. The molecule has 6 nitrogen and oxygen atoms in total. The zero-order valence-electron chi connectivity index (χ0n) is 12.5. The Kier molecular flexibility index (Phi) is 4.43. The highest BCUT2D eigenvalue weighted by Crippen LogP contribution is 2.23. The van der Waals surface area contributed by atoms with E-state index in [1.807, 2.05) is 6.07 Å². The number of hydrogen-bond donors (Lipinski definition) is 2. The smallest absolute Gasteiger partial charge is 0.249 e. The molecule has 9 heteroatoms. The van der Waals surface area contributed by atoms with Crippen molar-refractivity contribution in [2.45, 2.75) is 0 Å². The van der Waals surface area contributed by atoms with E-state index in [4.69, 9.17) is 5.26 Å². The Morgan fingerprint density at radius 2 is 1.84 bits per heavy atom. The van der Waals surface area contributed by atoms with E-state index in [9.17, 15) is 13.2 Å². The van der Waals surface area contributed by atoms with Crippen LogP contribution in [0, 0.1) is 28.8 Å². The molecule has 0 bridgehead atoms. The summed E-state index contributed by atoms with van der Waals surface area (Å²) >= 11 is 0. The zero-order chi connectivity index (χ0) is 17.8. The van der Waals surface area contributed by atoms with E-state index in [1.54, 1.807) is 24.3 Å². The van der Waals surface area contributed by atoms with Gasteiger partial charge in [0.25, 0.3) is 0 Å². The molecule has 0 aliphatic heterocycles. The van der Waals surface area contributed by atoms with Crippen LogP contribution in [0.15, 0.2) is 42.6 Å². The molecule has 0 atom stereocenters. The molecule has 3 rings (SSSR count). The zero-order valence-corrected chi connectivity index (χ0v) is 12.5. The minimum atomic E-state index is -1.58. The molecule has 0 amide bonds. The minimum Gasteiger partial charge on any atom is -0.336 e. The van der Waals surface area contributed by atoms with Crippen LogP contribution in [0.1, 0.15) is 5.56 Å². The molecule has 2 aromatic carbocycles. The van der Waals surface area contributed by atoms with Gasteiger partial charge < -0.3 is 10.6 Å². The maximum atomic E-state index is 13.7. The van der Waals surface area contributed by atoms with Crippen LogP contribution < -0.4 is 10.6 Å². The van der Waals surface area contributed by atoms with E-state index < -0.39 is 17.5 Å². The normalized spacial score (nSPS) is 10.2. The van der Waals surface area contributed by atoms with E-state index in [-0.39, 0.29) is 17.5 Å². The number of aromatic nitrogens is 3. The maximum absolute atomic E-state index is 13.7. The van der Waals surface area contributed by atoms with Crippen LogP contribution in [-0.2, 0) is 0 Å². The number of halogens is 3. The fourth-order valence-corrected chi connectivity index (χ4v) is 1.97. The summed E-state index contributed by atoms with van der Waals surface area (Å²) in [5.41, 5.74) is 0.699. The Bertz CT molecular complexity index is 970. The molecule has 0 fully saturated rings. The Labute approximate surface area is 140 Å². The SMILES string of the molecule is N#Cc1cccc(Nc2nncc(Nc3ccc(F)c(F)c3F)n2)c1. The number of anilines is 4. The molecule has 0 radical (unpaired) electrons. The monoisotopic (exact) mass is 342 g/mol. The van der Waals surface area contributed by atoms with Crippen molar-refractivity contribution < 1.29 is 13.2 Å². The first-order valence-electron chi connectivity index (χ1n) is 6.94. The lowest BCUT2D eigenvalue weighted by molar-refractivity contribution is 0.449. The van der Waals surface area contributed by atoms with Gasteiger partial charge in [-0.1, -0.05) is 6.07 Å². The molecule has 2 N–H and O–H groups in total. The van der Waals surface area contributed by atoms with Gasteiger partial charge in [0.2, 0.25) is 5.95 Å². The fourth-order valence-electron chi connectivity index (χ4n) is 1.97. The van der Waals surface area contributed by atoms with Gasteiger partial charge in [0.15, 0.2) is 23.3 Å². The van der Waals surface area contributed by atoms with Crippen LogP contribution >= 0.6 is 0 Å². The molecule has 0 unspecified atom stereocenters. The maximum Gasteiger partial charge on any atom is 0.249 e. The third kappa shape index (κ3) is 3.64. The van der Waals surface area contributed by atoms with Crippen molar-refractivity contribution in [3.8, 4) is 6.07 Å². The quantitative estimate of drug-likeness (QED) is 0.704. The summed E-state index contributed by atoms with van der Waals surface area (Å²) in [6, 6.07) is 10.4. The van der Waals surface area contributed by atoms with E-state index in [0.29, 0.717) is 11.3 Å². The van der Waals surface area contributed by atoms with E-state index in [2.05, 4.69) is 25.8 Å². The lowest BCUT2D eigenvalue weighted by Gasteiger charge is -2.09. The van der Waals surface area contributed by atoms with Gasteiger partial charge in [-0.15, -0.1) is 5.10 Å². The molecule has 3 aromatic rings. The average molecular weight is 342 g/mol. The van der Waals surface area contributed by atoms with Crippen LogP contribution in [-0.4, -0.2) is 15.2 Å². The minimum absolute atomic E-state index is 0.0684. The summed E-state index contributed by atoms with van der Waals surface area (Å²) in [4.78, 5) is 4.05. The number of benzene rings is 2. The number of hydrogen-bond acceptors (Lipinski definition) is 6. The van der Waals surface area contributed by atoms with Crippen molar-refractivity contribution in [2.24, 2.45) is 0 Å². The van der Waals surface area contributed by atoms with Crippen molar-refractivity contribution >= 4 is 23.1 Å². The predicted octanol–water partition coefficient (Wildman–Crippen LogP) is 3.65. The molecule has 0 spiro atoms. The lowest BCUT2D eigenvalue weighted by Crippen LogP contribution is -2.04.